The summed E-state index contributed by atoms with van der Waals surface area (Å²) in [5, 5.41) is 0. The van der Waals surface area contributed by atoms with E-state index in [2.05, 4.69) is 32.3 Å². The Morgan fingerprint density at radius 3 is 1.54 bits per heavy atom. The number of hydrogen-bond acceptors (Lipinski definition) is 5. The molecule has 5 nitrogen and oxygen atoms in total. The van der Waals surface area contributed by atoms with Gasteiger partial charge in [-0.2, -0.15) is 0 Å². The first-order valence-electron chi connectivity index (χ1n) is 13.8. The second-order valence-electron chi connectivity index (χ2n) is 11.5. The van der Waals surface area contributed by atoms with Crippen LogP contribution >= 0.6 is 0 Å². The summed E-state index contributed by atoms with van der Waals surface area (Å²) >= 11 is 0. The van der Waals surface area contributed by atoms with Crippen LogP contribution < -0.4 is 9.47 Å². The number of hydrogen-bond donors (Lipinski definition) is 0. The van der Waals surface area contributed by atoms with Gasteiger partial charge in [0.25, 0.3) is 0 Å². The zero-order valence-electron chi connectivity index (χ0n) is 24.7. The molecule has 0 aromatic heterocycles. The zero-order chi connectivity index (χ0) is 29.6. The number of para-hydroxylation sites is 2. The molecule has 0 N–H and O–H groups in total. The van der Waals surface area contributed by atoms with Gasteiger partial charge in [0, 0.05) is 5.56 Å². The van der Waals surface area contributed by atoms with E-state index in [9.17, 15) is 9.59 Å². The summed E-state index contributed by atoms with van der Waals surface area (Å²) in [7, 11) is -2.54. The van der Waals surface area contributed by atoms with Crippen LogP contribution in [-0.2, 0) is 16.2 Å². The Bertz CT molecular complexity index is 1510. The molecule has 0 aliphatic carbocycles. The fourth-order valence-electron chi connectivity index (χ4n) is 5.19. The molecule has 0 spiro atoms. The van der Waals surface area contributed by atoms with Crippen molar-refractivity contribution < 1.29 is 23.2 Å². The molecular formula is C34H38O5Si2. The Labute approximate surface area is 245 Å². The van der Waals surface area contributed by atoms with Crippen molar-refractivity contribution in [2.75, 3.05) is 7.11 Å². The molecule has 0 aliphatic rings. The quantitative estimate of drug-likeness (QED) is 0.0774. The average molecular weight is 583 g/mol. The van der Waals surface area contributed by atoms with Crippen LogP contribution in [0.5, 0.6) is 11.5 Å². The molecule has 0 saturated heterocycles. The molecular weight excluding hydrogens is 545 g/mol. The van der Waals surface area contributed by atoms with Gasteiger partial charge in [-0.1, -0.05) is 72.8 Å². The number of Topliss-reactive ketones (excluding diaryl/α,β-unsaturated/α-hetero) is 1. The van der Waals surface area contributed by atoms with Crippen molar-refractivity contribution in [2.45, 2.75) is 45.2 Å². The number of carbonyl (C=O) groups excluding carboxylic acids is 2. The Morgan fingerprint density at radius 2 is 1.05 bits per heavy atom. The van der Waals surface area contributed by atoms with Gasteiger partial charge in [-0.15, -0.1) is 0 Å². The minimum absolute atomic E-state index is 0.0335. The van der Waals surface area contributed by atoms with Gasteiger partial charge in [0.05, 0.1) is 12.7 Å². The molecule has 0 saturated carbocycles. The maximum atomic E-state index is 13.1. The maximum absolute atomic E-state index is 13.1. The summed E-state index contributed by atoms with van der Waals surface area (Å²) in [6, 6.07) is 32.2. The van der Waals surface area contributed by atoms with E-state index in [1.165, 1.54) is 5.56 Å². The van der Waals surface area contributed by atoms with E-state index < -0.39 is 22.6 Å². The smallest absolute Gasteiger partial charge is 0.343 e. The first-order chi connectivity index (χ1) is 19.5. The monoisotopic (exact) mass is 582 g/mol. The number of methoxy groups -OCH3 is 1. The number of rotatable bonds is 11. The molecule has 0 atom stereocenters. The minimum Gasteiger partial charge on any atom is -0.496 e. The van der Waals surface area contributed by atoms with Crippen LogP contribution in [0.2, 0.25) is 26.2 Å². The van der Waals surface area contributed by atoms with Gasteiger partial charge in [0.15, 0.2) is 22.4 Å². The highest BCUT2D eigenvalue weighted by Gasteiger charge is 2.34. The number of carbonyl (C=O) groups is 2. The molecule has 0 heterocycles. The number of benzene rings is 4. The third kappa shape index (κ3) is 8.13. The Balaban J connectivity index is 1.44. The first kappa shape index (κ1) is 30.2. The molecule has 4 aromatic carbocycles. The minimum atomic E-state index is -2.17. The fourth-order valence-corrected chi connectivity index (χ4v) is 14.2. The SMILES string of the molecule is COc1ccccc1C[Si](C)(C)O[Si](C)(C)Cc1ccccc1OC(=O)c1ccc(-c2ccc(C(C)=O)cc2)cc1. The van der Waals surface area contributed by atoms with E-state index in [4.69, 9.17) is 13.6 Å². The lowest BCUT2D eigenvalue weighted by molar-refractivity contribution is 0.0733. The molecule has 0 bridgehead atoms. The average Bonchev–Trinajstić information content (AvgIpc) is 2.93. The van der Waals surface area contributed by atoms with Crippen LogP contribution in [0, 0.1) is 0 Å². The Morgan fingerprint density at radius 1 is 0.610 bits per heavy atom. The summed E-state index contributed by atoms with van der Waals surface area (Å²) in [6.45, 7) is 10.5. The summed E-state index contributed by atoms with van der Waals surface area (Å²) in [5.41, 5.74) is 5.23. The molecule has 4 aromatic rings. The third-order valence-corrected chi connectivity index (χ3v) is 13.8. The molecule has 212 valence electrons. The summed E-state index contributed by atoms with van der Waals surface area (Å²) in [4.78, 5) is 24.7. The lowest BCUT2D eigenvalue weighted by Gasteiger charge is -2.34. The van der Waals surface area contributed by atoms with Crippen LogP contribution in [0.1, 0.15) is 38.8 Å². The van der Waals surface area contributed by atoms with E-state index in [1.807, 2.05) is 78.9 Å². The topological polar surface area (TPSA) is 61.8 Å². The molecule has 0 amide bonds. The van der Waals surface area contributed by atoms with E-state index in [1.54, 1.807) is 26.2 Å². The molecule has 41 heavy (non-hydrogen) atoms. The van der Waals surface area contributed by atoms with Crippen molar-refractivity contribution in [2.24, 2.45) is 0 Å². The number of ketones is 1. The van der Waals surface area contributed by atoms with Gasteiger partial charge in [-0.05, 0) is 91.7 Å². The van der Waals surface area contributed by atoms with Crippen LogP contribution in [0.25, 0.3) is 11.1 Å². The van der Waals surface area contributed by atoms with Gasteiger partial charge < -0.3 is 13.6 Å². The van der Waals surface area contributed by atoms with Crippen molar-refractivity contribution in [3.63, 3.8) is 0 Å². The molecule has 0 unspecified atom stereocenters. The first-order valence-corrected chi connectivity index (χ1v) is 20.0. The van der Waals surface area contributed by atoms with Gasteiger partial charge in [0.1, 0.15) is 11.5 Å². The van der Waals surface area contributed by atoms with Gasteiger partial charge >= 0.3 is 5.97 Å². The highest BCUT2D eigenvalue weighted by molar-refractivity contribution is 6.84. The van der Waals surface area contributed by atoms with Crippen LogP contribution in [0.4, 0.5) is 0 Å². The number of esters is 1. The van der Waals surface area contributed by atoms with Gasteiger partial charge in [-0.25, -0.2) is 4.79 Å². The zero-order valence-corrected chi connectivity index (χ0v) is 26.7. The van der Waals surface area contributed by atoms with Crippen molar-refractivity contribution in [3.05, 3.63) is 119 Å². The fraction of sp³-hybridized carbons (Fsp3) is 0.235. The summed E-state index contributed by atoms with van der Waals surface area (Å²) in [5.74, 6) is 1.09. The molecule has 7 heteroatoms. The van der Waals surface area contributed by atoms with E-state index >= 15 is 0 Å². The molecule has 0 aliphatic heterocycles. The van der Waals surface area contributed by atoms with Crippen LogP contribution in [-0.4, -0.2) is 35.5 Å². The van der Waals surface area contributed by atoms with Crippen molar-refractivity contribution in [1.29, 1.82) is 0 Å². The van der Waals surface area contributed by atoms with Crippen LogP contribution in [0.3, 0.4) is 0 Å². The predicted molar refractivity (Wildman–Crippen MR) is 170 cm³/mol. The highest BCUT2D eigenvalue weighted by Crippen LogP contribution is 2.29. The second-order valence-corrected chi connectivity index (χ2v) is 20.1. The largest absolute Gasteiger partial charge is 0.496 e. The third-order valence-electron chi connectivity index (χ3n) is 6.90. The molecule has 0 radical (unpaired) electrons. The second kappa shape index (κ2) is 12.8. The Hall–Kier alpha value is -3.79. The molecule has 0 fully saturated rings. The van der Waals surface area contributed by atoms with Crippen LogP contribution in [0.15, 0.2) is 97.1 Å². The maximum Gasteiger partial charge on any atom is 0.343 e. The predicted octanol–water partition coefficient (Wildman–Crippen LogP) is 8.07. The van der Waals surface area contributed by atoms with E-state index in [-0.39, 0.29) is 5.78 Å². The van der Waals surface area contributed by atoms with E-state index in [0.717, 1.165) is 34.5 Å². The van der Waals surface area contributed by atoms with Crippen molar-refractivity contribution in [1.82, 2.24) is 0 Å². The standard InChI is InChI=1S/C34H38O5Si2/c1-25(35)26-15-17-27(18-16-26)28-19-21-29(22-20-28)34(36)38-33-14-10-8-12-31(33)24-41(5,6)39-40(3,4)23-30-11-7-9-13-32(30)37-2/h7-22H,23-24H2,1-6H3. The van der Waals surface area contributed by atoms with Gasteiger partial charge in [-0.3, -0.25) is 4.79 Å². The van der Waals surface area contributed by atoms with Crippen molar-refractivity contribution >= 4 is 28.4 Å². The molecule has 4 rings (SSSR count). The summed E-state index contributed by atoms with van der Waals surface area (Å²) in [6.07, 6.45) is 0. The lowest BCUT2D eigenvalue weighted by atomic mass is 10.0. The van der Waals surface area contributed by atoms with Gasteiger partial charge in [0.2, 0.25) is 0 Å². The van der Waals surface area contributed by atoms with E-state index in [0.29, 0.717) is 16.9 Å². The summed E-state index contributed by atoms with van der Waals surface area (Å²) < 4.78 is 18.4. The van der Waals surface area contributed by atoms with Crippen molar-refractivity contribution in [3.8, 4) is 22.6 Å². The lowest BCUT2D eigenvalue weighted by Crippen LogP contribution is -2.47. The Kier molecular flexibility index (Phi) is 9.43. The number of ether oxygens (including phenoxy) is 2. The highest BCUT2D eigenvalue weighted by atomic mass is 28.4. The normalized spacial score (nSPS) is 11.7.